The topological polar surface area (TPSA) is 0 Å². The number of fused-ring (bicyclic) bond motifs is 3. The number of benzene rings is 2. The summed E-state index contributed by atoms with van der Waals surface area (Å²) in [6.45, 7) is 2.10. The van der Waals surface area contributed by atoms with E-state index < -0.39 is 0 Å². The molecule has 0 nitrogen and oxygen atoms in total. The van der Waals surface area contributed by atoms with Gasteiger partial charge in [-0.3, -0.25) is 0 Å². The first-order valence-electron chi connectivity index (χ1n) is 4.95. The Morgan fingerprint density at radius 2 is 1.80 bits per heavy atom. The van der Waals surface area contributed by atoms with Crippen molar-refractivity contribution in [1.82, 2.24) is 0 Å². The molecule has 0 spiro atoms. The molecule has 0 aliphatic heterocycles. The van der Waals surface area contributed by atoms with Gasteiger partial charge in [0.2, 0.25) is 0 Å². The molecule has 0 saturated heterocycles. The Morgan fingerprint density at radius 1 is 1.00 bits per heavy atom. The smallest absolute Gasteiger partial charge is 0 e. The van der Waals surface area contributed by atoms with Crippen LogP contribution in [-0.4, -0.2) is 0 Å². The minimum atomic E-state index is 0. The van der Waals surface area contributed by atoms with Crippen LogP contribution in [0.5, 0.6) is 0 Å². The minimum absolute atomic E-state index is 0. The summed E-state index contributed by atoms with van der Waals surface area (Å²) in [5, 5.41) is 0. The van der Waals surface area contributed by atoms with Crippen LogP contribution in [0, 0.1) is 13.0 Å². The molecule has 72 valence electrons. The van der Waals surface area contributed by atoms with Crippen LogP contribution < -0.4 is 0 Å². The third-order valence-electron chi connectivity index (χ3n) is 2.85. The summed E-state index contributed by atoms with van der Waals surface area (Å²) in [6.07, 6.45) is 1.05. The zero-order valence-corrected chi connectivity index (χ0v) is 10.2. The molecular formula is C14H11Ti-. The van der Waals surface area contributed by atoms with Crippen molar-refractivity contribution in [1.29, 1.82) is 0 Å². The van der Waals surface area contributed by atoms with E-state index in [0.29, 0.717) is 0 Å². The third-order valence-corrected chi connectivity index (χ3v) is 2.85. The van der Waals surface area contributed by atoms with Gasteiger partial charge >= 0.3 is 0 Å². The molecule has 0 atom stereocenters. The van der Waals surface area contributed by atoms with E-state index in [4.69, 9.17) is 0 Å². The normalized spacial score (nSPS) is 11.5. The molecule has 0 radical (unpaired) electrons. The number of aryl methyl sites for hydroxylation is 1. The Labute approximate surface area is 105 Å². The van der Waals surface area contributed by atoms with Gasteiger partial charge in [-0.15, -0.1) is 11.1 Å². The predicted octanol–water partition coefficient (Wildman–Crippen LogP) is 3.36. The maximum Gasteiger partial charge on any atom is 0 e. The molecule has 0 bridgehead atoms. The summed E-state index contributed by atoms with van der Waals surface area (Å²) < 4.78 is 0. The molecule has 1 aliphatic rings. The zero-order valence-electron chi connectivity index (χ0n) is 8.67. The van der Waals surface area contributed by atoms with Gasteiger partial charge in [-0.05, 0) is 6.42 Å². The molecule has 0 saturated carbocycles. The fourth-order valence-corrected chi connectivity index (χ4v) is 2.18. The minimum Gasteiger partial charge on any atom is -0.176 e. The van der Waals surface area contributed by atoms with Crippen molar-refractivity contribution in [3.05, 3.63) is 59.2 Å². The Morgan fingerprint density at radius 3 is 2.67 bits per heavy atom. The first kappa shape index (κ1) is 10.7. The molecule has 0 unspecified atom stereocenters. The van der Waals surface area contributed by atoms with E-state index in [1.54, 1.807) is 0 Å². The van der Waals surface area contributed by atoms with Crippen molar-refractivity contribution in [3.8, 4) is 11.1 Å². The average molecular weight is 227 g/mol. The van der Waals surface area contributed by atoms with Gasteiger partial charge in [0.25, 0.3) is 0 Å². The van der Waals surface area contributed by atoms with Gasteiger partial charge in [-0.25, -0.2) is 0 Å². The van der Waals surface area contributed by atoms with Gasteiger partial charge in [0, 0.05) is 21.7 Å². The Bertz CT molecular complexity index is 500. The predicted molar refractivity (Wildman–Crippen MR) is 58.3 cm³/mol. The van der Waals surface area contributed by atoms with Crippen LogP contribution in [0.1, 0.15) is 16.7 Å². The quantitative estimate of drug-likeness (QED) is 0.408. The molecule has 1 aliphatic carbocycles. The van der Waals surface area contributed by atoms with Gasteiger partial charge in [0.05, 0.1) is 0 Å². The van der Waals surface area contributed by atoms with Crippen molar-refractivity contribution in [2.45, 2.75) is 13.3 Å². The van der Waals surface area contributed by atoms with Gasteiger partial charge in [-0.2, -0.15) is 23.8 Å². The zero-order chi connectivity index (χ0) is 9.54. The summed E-state index contributed by atoms with van der Waals surface area (Å²) in [7, 11) is 0. The molecule has 0 fully saturated rings. The van der Waals surface area contributed by atoms with Crippen LogP contribution >= 0.6 is 0 Å². The van der Waals surface area contributed by atoms with Crippen LogP contribution in [0.2, 0.25) is 0 Å². The first-order valence-corrected chi connectivity index (χ1v) is 4.95. The van der Waals surface area contributed by atoms with Gasteiger partial charge in [0.1, 0.15) is 0 Å². The van der Waals surface area contributed by atoms with E-state index >= 15 is 0 Å². The molecule has 2 aromatic rings. The van der Waals surface area contributed by atoms with Crippen molar-refractivity contribution >= 4 is 0 Å². The third kappa shape index (κ3) is 1.69. The number of rotatable bonds is 0. The Hall–Kier alpha value is -0.846. The van der Waals surface area contributed by atoms with Crippen LogP contribution in [0.25, 0.3) is 11.1 Å². The summed E-state index contributed by atoms with van der Waals surface area (Å²) in [6, 6.07) is 16.4. The maximum atomic E-state index is 3.43. The van der Waals surface area contributed by atoms with E-state index in [1.807, 2.05) is 0 Å². The number of hydrogen-bond acceptors (Lipinski definition) is 0. The van der Waals surface area contributed by atoms with Crippen molar-refractivity contribution in [2.24, 2.45) is 0 Å². The second kappa shape index (κ2) is 3.96. The van der Waals surface area contributed by atoms with Gasteiger partial charge < -0.3 is 0 Å². The van der Waals surface area contributed by atoms with Gasteiger partial charge in [-0.1, -0.05) is 42.3 Å². The molecule has 15 heavy (non-hydrogen) atoms. The van der Waals surface area contributed by atoms with E-state index in [9.17, 15) is 0 Å². The van der Waals surface area contributed by atoms with Crippen molar-refractivity contribution in [2.75, 3.05) is 0 Å². The second-order valence-electron chi connectivity index (χ2n) is 3.87. The van der Waals surface area contributed by atoms with Crippen LogP contribution in [0.3, 0.4) is 0 Å². The molecule has 0 aromatic heterocycles. The molecule has 0 N–H and O–H groups in total. The second-order valence-corrected chi connectivity index (χ2v) is 3.87. The summed E-state index contributed by atoms with van der Waals surface area (Å²) in [5.41, 5.74) is 6.78. The monoisotopic (exact) mass is 227 g/mol. The van der Waals surface area contributed by atoms with E-state index in [-0.39, 0.29) is 21.7 Å². The SMILES string of the molecule is Cc1[c-]c2c(cc1)-c1ccccc1C2.[Ti]. The van der Waals surface area contributed by atoms with E-state index in [1.165, 1.54) is 27.8 Å². The maximum absolute atomic E-state index is 3.43. The molecule has 1 heteroatoms. The average Bonchev–Trinajstić information content (AvgIpc) is 2.54. The van der Waals surface area contributed by atoms with Crippen molar-refractivity contribution < 1.29 is 21.7 Å². The van der Waals surface area contributed by atoms with Crippen LogP contribution in [-0.2, 0) is 28.1 Å². The Balaban J connectivity index is 0.000000853. The number of hydrogen-bond donors (Lipinski definition) is 0. The molecular weight excluding hydrogens is 216 g/mol. The molecule has 0 heterocycles. The van der Waals surface area contributed by atoms with Crippen LogP contribution in [0.15, 0.2) is 36.4 Å². The molecule has 3 rings (SSSR count). The Kier molecular flexibility index (Phi) is 2.81. The molecule has 0 amide bonds. The first-order chi connectivity index (χ1) is 6.84. The largest absolute Gasteiger partial charge is 0.176 e. The summed E-state index contributed by atoms with van der Waals surface area (Å²) in [5.74, 6) is 0. The van der Waals surface area contributed by atoms with Crippen LogP contribution in [0.4, 0.5) is 0 Å². The summed E-state index contributed by atoms with van der Waals surface area (Å²) in [4.78, 5) is 0. The van der Waals surface area contributed by atoms with E-state index in [2.05, 4.69) is 49.4 Å². The molecule has 2 aromatic carbocycles. The van der Waals surface area contributed by atoms with Crippen molar-refractivity contribution in [3.63, 3.8) is 0 Å². The summed E-state index contributed by atoms with van der Waals surface area (Å²) >= 11 is 0. The van der Waals surface area contributed by atoms with E-state index in [0.717, 1.165) is 6.42 Å². The fraction of sp³-hybridized carbons (Fsp3) is 0.143. The fourth-order valence-electron chi connectivity index (χ4n) is 2.18. The van der Waals surface area contributed by atoms with Gasteiger partial charge in [0.15, 0.2) is 0 Å². The standard InChI is InChI=1S/C14H11.Ti/c1-10-6-7-14-12(8-10)9-11-4-2-3-5-13(11)14;/h2-7H,9H2,1H3;/q-1;.